The number of sulfonamides is 1. The molecular formula is C33H28N2O3S. The van der Waals surface area contributed by atoms with Gasteiger partial charge in [0.05, 0.1) is 10.6 Å². The van der Waals surface area contributed by atoms with E-state index in [-0.39, 0.29) is 4.90 Å². The number of benzene rings is 5. The number of hydrogen-bond acceptors (Lipinski definition) is 4. The van der Waals surface area contributed by atoms with Gasteiger partial charge in [-0.15, -0.1) is 0 Å². The highest BCUT2D eigenvalue weighted by Gasteiger charge is 2.28. The Morgan fingerprint density at radius 2 is 1.49 bits per heavy atom. The number of ether oxygens (including phenoxy) is 1. The van der Waals surface area contributed by atoms with Gasteiger partial charge in [-0.1, -0.05) is 60.7 Å². The third kappa shape index (κ3) is 5.62. The average Bonchev–Trinajstić information content (AvgIpc) is 2.99. The smallest absolute Gasteiger partial charge is 0.243 e. The van der Waals surface area contributed by atoms with Crippen molar-refractivity contribution in [1.82, 2.24) is 4.31 Å². The van der Waals surface area contributed by atoms with Crippen molar-refractivity contribution in [2.24, 2.45) is 4.99 Å². The molecule has 6 heteroatoms. The second-order valence-electron chi connectivity index (χ2n) is 9.65. The van der Waals surface area contributed by atoms with E-state index in [9.17, 15) is 8.42 Å². The summed E-state index contributed by atoms with van der Waals surface area (Å²) >= 11 is 0. The van der Waals surface area contributed by atoms with Crippen molar-refractivity contribution in [1.29, 1.82) is 0 Å². The van der Waals surface area contributed by atoms with Crippen LogP contribution in [-0.4, -0.2) is 25.5 Å². The Morgan fingerprint density at radius 1 is 0.769 bits per heavy atom. The summed E-state index contributed by atoms with van der Waals surface area (Å²) in [6, 6.07) is 37.1. The molecule has 0 bridgehead atoms. The molecule has 0 N–H and O–H groups in total. The Bertz CT molecular complexity index is 1740. The highest BCUT2D eigenvalue weighted by molar-refractivity contribution is 7.89. The van der Waals surface area contributed by atoms with Crippen LogP contribution >= 0.6 is 0 Å². The monoisotopic (exact) mass is 532 g/mol. The molecule has 1 aliphatic heterocycles. The molecule has 0 amide bonds. The lowest BCUT2D eigenvalue weighted by atomic mass is 10.0. The first-order chi connectivity index (χ1) is 19.0. The molecule has 0 atom stereocenters. The van der Waals surface area contributed by atoms with Crippen molar-refractivity contribution in [3.05, 3.63) is 138 Å². The van der Waals surface area contributed by atoms with Crippen molar-refractivity contribution < 1.29 is 13.2 Å². The summed E-state index contributed by atoms with van der Waals surface area (Å²) in [4.78, 5) is 4.81. The van der Waals surface area contributed by atoms with Gasteiger partial charge in [0.25, 0.3) is 0 Å². The van der Waals surface area contributed by atoms with Gasteiger partial charge in [-0.2, -0.15) is 4.31 Å². The average molecular weight is 533 g/mol. The normalized spacial score (nSPS) is 13.9. The Hall–Kier alpha value is -4.26. The van der Waals surface area contributed by atoms with Crippen molar-refractivity contribution in [2.45, 2.75) is 24.5 Å². The largest absolute Gasteiger partial charge is 0.489 e. The molecular weight excluding hydrogens is 504 g/mol. The van der Waals surface area contributed by atoms with Gasteiger partial charge < -0.3 is 4.74 Å². The predicted octanol–water partition coefficient (Wildman–Crippen LogP) is 6.92. The minimum absolute atomic E-state index is 0.286. The van der Waals surface area contributed by atoms with Crippen LogP contribution in [0.25, 0.3) is 10.8 Å². The zero-order valence-electron chi connectivity index (χ0n) is 21.4. The van der Waals surface area contributed by atoms with Crippen LogP contribution in [0.3, 0.4) is 0 Å². The molecule has 5 aromatic rings. The molecule has 1 aliphatic rings. The highest BCUT2D eigenvalue weighted by Crippen LogP contribution is 2.26. The maximum Gasteiger partial charge on any atom is 0.243 e. The quantitative estimate of drug-likeness (QED) is 0.214. The number of hydrogen-bond donors (Lipinski definition) is 0. The van der Waals surface area contributed by atoms with Gasteiger partial charge in [0.2, 0.25) is 10.0 Å². The van der Waals surface area contributed by atoms with E-state index in [0.717, 1.165) is 28.9 Å². The van der Waals surface area contributed by atoms with Gasteiger partial charge in [0, 0.05) is 19.3 Å². The molecule has 0 unspecified atom stereocenters. The van der Waals surface area contributed by atoms with Gasteiger partial charge in [-0.25, -0.2) is 8.42 Å². The fraction of sp³-hybridized carbons (Fsp3) is 0.121. The number of aliphatic imine (C=N–C) groups is 1. The maximum absolute atomic E-state index is 13.2. The van der Waals surface area contributed by atoms with E-state index in [4.69, 9.17) is 4.74 Å². The van der Waals surface area contributed by atoms with Crippen LogP contribution in [0.1, 0.15) is 22.3 Å². The molecule has 0 aromatic heterocycles. The maximum atomic E-state index is 13.2. The molecule has 6 rings (SSSR count). The predicted molar refractivity (Wildman–Crippen MR) is 156 cm³/mol. The summed E-state index contributed by atoms with van der Waals surface area (Å²) in [6.07, 6.45) is 2.49. The van der Waals surface area contributed by atoms with E-state index in [2.05, 4.69) is 41.4 Å². The topological polar surface area (TPSA) is 59.0 Å². The number of nitrogens with zero attached hydrogens (tertiary/aromatic N) is 2. The lowest BCUT2D eigenvalue weighted by molar-refractivity contribution is 0.306. The fourth-order valence-electron chi connectivity index (χ4n) is 4.82. The number of rotatable bonds is 7. The lowest BCUT2D eigenvalue weighted by Crippen LogP contribution is -2.35. The molecule has 0 fully saturated rings. The van der Waals surface area contributed by atoms with Gasteiger partial charge in [-0.05, 0) is 94.0 Å². The Kier molecular flexibility index (Phi) is 6.97. The van der Waals surface area contributed by atoms with E-state index >= 15 is 0 Å². The molecule has 0 aliphatic carbocycles. The summed E-state index contributed by atoms with van der Waals surface area (Å²) in [5, 5.41) is 2.42. The zero-order chi connectivity index (χ0) is 26.7. The third-order valence-electron chi connectivity index (χ3n) is 7.03. The summed E-state index contributed by atoms with van der Waals surface area (Å²) in [5.74, 6) is 0.787. The van der Waals surface area contributed by atoms with Gasteiger partial charge >= 0.3 is 0 Å². The van der Waals surface area contributed by atoms with Crippen LogP contribution in [0.15, 0.2) is 125 Å². The first kappa shape index (κ1) is 25.0. The second-order valence-corrected chi connectivity index (χ2v) is 11.6. The van der Waals surface area contributed by atoms with Crippen LogP contribution in [-0.2, 0) is 29.6 Å². The summed E-state index contributed by atoms with van der Waals surface area (Å²) in [5.41, 5.74) is 5.03. The molecule has 5 nitrogen and oxygen atoms in total. The summed E-state index contributed by atoms with van der Waals surface area (Å²) < 4.78 is 33.9. The summed E-state index contributed by atoms with van der Waals surface area (Å²) in [6.45, 7) is 1.39. The van der Waals surface area contributed by atoms with Crippen LogP contribution in [0.2, 0.25) is 0 Å². The van der Waals surface area contributed by atoms with Crippen molar-refractivity contribution in [3.8, 4) is 5.75 Å². The zero-order valence-corrected chi connectivity index (χ0v) is 22.2. The molecule has 39 heavy (non-hydrogen) atoms. The molecule has 0 radical (unpaired) electrons. The molecule has 194 valence electrons. The van der Waals surface area contributed by atoms with Crippen LogP contribution in [0.4, 0.5) is 5.69 Å². The molecule has 1 heterocycles. The van der Waals surface area contributed by atoms with Gasteiger partial charge in [0.1, 0.15) is 12.4 Å². The Morgan fingerprint density at radius 3 is 2.28 bits per heavy atom. The SMILES string of the molecule is O=S(=O)(c1ccc(N=Cc2ccc(OCc3ccc4ccccc4c3)cc2)cc1)N1CCc2ccccc2C1. The van der Waals surface area contributed by atoms with Crippen LogP contribution in [0, 0.1) is 0 Å². The van der Waals surface area contributed by atoms with E-state index in [1.54, 1.807) is 34.8 Å². The van der Waals surface area contributed by atoms with E-state index in [1.807, 2.05) is 54.6 Å². The van der Waals surface area contributed by atoms with Gasteiger partial charge in [-0.3, -0.25) is 4.99 Å². The van der Waals surface area contributed by atoms with Crippen LogP contribution in [0.5, 0.6) is 5.75 Å². The first-order valence-electron chi connectivity index (χ1n) is 13.0. The van der Waals surface area contributed by atoms with Crippen molar-refractivity contribution in [3.63, 3.8) is 0 Å². The number of fused-ring (bicyclic) bond motifs is 2. The molecule has 0 spiro atoms. The Labute approximate surface area is 229 Å². The van der Waals surface area contributed by atoms with Gasteiger partial charge in [0.15, 0.2) is 0 Å². The fourth-order valence-corrected chi connectivity index (χ4v) is 6.24. The molecule has 5 aromatic carbocycles. The lowest BCUT2D eigenvalue weighted by Gasteiger charge is -2.28. The molecule has 0 saturated carbocycles. The van der Waals surface area contributed by atoms with E-state index in [0.29, 0.717) is 25.4 Å². The van der Waals surface area contributed by atoms with E-state index in [1.165, 1.54) is 16.3 Å². The van der Waals surface area contributed by atoms with E-state index < -0.39 is 10.0 Å². The first-order valence-corrected chi connectivity index (χ1v) is 14.4. The van der Waals surface area contributed by atoms with Crippen molar-refractivity contribution >= 4 is 32.7 Å². The minimum atomic E-state index is -3.56. The minimum Gasteiger partial charge on any atom is -0.489 e. The van der Waals surface area contributed by atoms with Crippen LogP contribution < -0.4 is 4.74 Å². The highest BCUT2D eigenvalue weighted by atomic mass is 32.2. The molecule has 0 saturated heterocycles. The summed E-state index contributed by atoms with van der Waals surface area (Å²) in [7, 11) is -3.56. The second kappa shape index (κ2) is 10.8. The Balaban J connectivity index is 1.07. The standard InChI is InChI=1S/C33H28N2O3S/c36-39(37,35-20-19-28-6-2-4-8-30(28)23-35)33-17-13-31(14-18-33)34-22-25-10-15-32(16-11-25)38-24-26-9-12-27-5-1-3-7-29(27)21-26/h1-18,21-22H,19-20,23-24H2. The third-order valence-corrected chi connectivity index (χ3v) is 8.89. The van der Waals surface area contributed by atoms with Crippen molar-refractivity contribution in [2.75, 3.05) is 6.54 Å².